The third-order valence-corrected chi connectivity index (χ3v) is 8.19. The van der Waals surface area contributed by atoms with Crippen LogP contribution < -0.4 is 0 Å². The van der Waals surface area contributed by atoms with E-state index in [1.54, 1.807) is 4.31 Å². The molecule has 1 aliphatic carbocycles. The number of nitrogens with zero attached hydrogens (tertiary/aromatic N) is 2. The first-order valence-electron chi connectivity index (χ1n) is 10.4. The van der Waals surface area contributed by atoms with Crippen molar-refractivity contribution < 1.29 is 8.42 Å². The second-order valence-electron chi connectivity index (χ2n) is 8.09. The molecule has 0 amide bonds. The van der Waals surface area contributed by atoms with Crippen molar-refractivity contribution >= 4 is 10.0 Å². The summed E-state index contributed by atoms with van der Waals surface area (Å²) in [4.78, 5) is 2.52. The predicted octanol–water partition coefficient (Wildman–Crippen LogP) is 3.86. The maximum atomic E-state index is 12.7. The van der Waals surface area contributed by atoms with Crippen molar-refractivity contribution in [2.45, 2.75) is 43.4 Å². The summed E-state index contributed by atoms with van der Waals surface area (Å²) in [6.45, 7) is 2.95. The van der Waals surface area contributed by atoms with Crippen LogP contribution in [0.2, 0.25) is 0 Å². The van der Waals surface area contributed by atoms with Gasteiger partial charge in [-0.15, -0.1) is 0 Å². The van der Waals surface area contributed by atoms with Crippen LogP contribution >= 0.6 is 0 Å². The molecule has 0 unspecified atom stereocenters. The molecule has 5 heteroatoms. The third kappa shape index (κ3) is 4.65. The monoisotopic (exact) mass is 398 g/mol. The molecule has 2 aromatic rings. The van der Waals surface area contributed by atoms with Crippen LogP contribution in [0.3, 0.4) is 0 Å². The Bertz CT molecular complexity index is 839. The summed E-state index contributed by atoms with van der Waals surface area (Å²) in [5.74, 6) is 0.792. The van der Waals surface area contributed by atoms with Gasteiger partial charge in [-0.1, -0.05) is 60.7 Å². The van der Waals surface area contributed by atoms with Crippen molar-refractivity contribution in [2.24, 2.45) is 0 Å². The number of hydrogen-bond acceptors (Lipinski definition) is 3. The molecule has 0 radical (unpaired) electrons. The highest BCUT2D eigenvalue weighted by Crippen LogP contribution is 2.35. The molecule has 1 heterocycles. The fourth-order valence-electron chi connectivity index (χ4n) is 4.72. The van der Waals surface area contributed by atoms with Gasteiger partial charge in [0.05, 0.1) is 5.75 Å². The molecule has 2 fully saturated rings. The van der Waals surface area contributed by atoms with Crippen molar-refractivity contribution in [3.05, 3.63) is 71.8 Å². The van der Waals surface area contributed by atoms with E-state index in [0.29, 0.717) is 25.0 Å². The molecule has 0 bridgehead atoms. The third-order valence-electron chi connectivity index (χ3n) is 6.34. The van der Waals surface area contributed by atoms with E-state index in [-0.39, 0.29) is 5.75 Å². The normalized spacial score (nSPS) is 24.9. The van der Waals surface area contributed by atoms with Gasteiger partial charge in [-0.25, -0.2) is 8.42 Å². The van der Waals surface area contributed by atoms with E-state index >= 15 is 0 Å². The van der Waals surface area contributed by atoms with Crippen LogP contribution in [0.1, 0.15) is 42.7 Å². The van der Waals surface area contributed by atoms with Crippen LogP contribution in [0.5, 0.6) is 0 Å². The molecular weight excluding hydrogens is 368 g/mol. The van der Waals surface area contributed by atoms with E-state index in [1.165, 1.54) is 31.2 Å². The Hall–Kier alpha value is -1.69. The van der Waals surface area contributed by atoms with Gasteiger partial charge in [0.15, 0.2) is 0 Å². The average molecular weight is 399 g/mol. The van der Waals surface area contributed by atoms with Gasteiger partial charge in [0, 0.05) is 32.2 Å². The SMILES string of the molecule is O=S(=O)(Cc1ccccc1)N1CCN(C2CCC(c3ccccc3)CC2)CC1. The fraction of sp³-hybridized carbons (Fsp3) is 0.478. The first-order chi connectivity index (χ1) is 13.6. The van der Waals surface area contributed by atoms with Crippen molar-refractivity contribution in [2.75, 3.05) is 26.2 Å². The Kier molecular flexibility index (Phi) is 6.14. The molecule has 28 heavy (non-hydrogen) atoms. The number of rotatable bonds is 5. The van der Waals surface area contributed by atoms with Crippen LogP contribution in [0.4, 0.5) is 0 Å². The molecule has 1 saturated heterocycles. The number of benzene rings is 2. The Balaban J connectivity index is 1.28. The summed E-state index contributed by atoms with van der Waals surface area (Å²) in [6.07, 6.45) is 4.91. The lowest BCUT2D eigenvalue weighted by atomic mass is 9.81. The van der Waals surface area contributed by atoms with E-state index in [9.17, 15) is 8.42 Å². The Morgan fingerprint density at radius 2 is 1.32 bits per heavy atom. The molecule has 0 atom stereocenters. The lowest BCUT2D eigenvalue weighted by Crippen LogP contribution is -2.52. The zero-order valence-corrected chi connectivity index (χ0v) is 17.2. The zero-order valence-electron chi connectivity index (χ0n) is 16.4. The molecule has 0 N–H and O–H groups in total. The summed E-state index contributed by atoms with van der Waals surface area (Å²) in [7, 11) is -3.23. The summed E-state index contributed by atoms with van der Waals surface area (Å²) in [5.41, 5.74) is 2.34. The second kappa shape index (κ2) is 8.76. The van der Waals surface area contributed by atoms with Crippen LogP contribution in [0.15, 0.2) is 60.7 Å². The molecule has 1 aliphatic heterocycles. The minimum atomic E-state index is -3.23. The fourth-order valence-corrected chi connectivity index (χ4v) is 6.24. The maximum absolute atomic E-state index is 12.7. The van der Waals surface area contributed by atoms with E-state index < -0.39 is 10.0 Å². The first-order valence-corrected chi connectivity index (χ1v) is 12.0. The summed E-state index contributed by atoms with van der Waals surface area (Å²) >= 11 is 0. The Labute approximate surface area is 169 Å². The van der Waals surface area contributed by atoms with Gasteiger partial charge >= 0.3 is 0 Å². The highest BCUT2D eigenvalue weighted by molar-refractivity contribution is 7.88. The zero-order chi connectivity index (χ0) is 19.4. The predicted molar refractivity (Wildman–Crippen MR) is 114 cm³/mol. The quantitative estimate of drug-likeness (QED) is 0.768. The molecule has 150 valence electrons. The lowest BCUT2D eigenvalue weighted by Gasteiger charge is -2.41. The largest absolute Gasteiger partial charge is 0.298 e. The van der Waals surface area contributed by atoms with Crippen molar-refractivity contribution in [1.29, 1.82) is 0 Å². The minimum Gasteiger partial charge on any atom is -0.298 e. The first kappa shape index (κ1) is 19.6. The molecule has 2 aliphatic rings. The Morgan fingerprint density at radius 1 is 0.750 bits per heavy atom. The van der Waals surface area contributed by atoms with E-state index in [0.717, 1.165) is 18.7 Å². The highest BCUT2D eigenvalue weighted by Gasteiger charge is 2.32. The minimum absolute atomic E-state index is 0.107. The Morgan fingerprint density at radius 3 is 1.93 bits per heavy atom. The molecule has 0 aromatic heterocycles. The summed E-state index contributed by atoms with van der Waals surface area (Å²) in [5, 5.41) is 0. The molecular formula is C23H30N2O2S. The second-order valence-corrected chi connectivity index (χ2v) is 10.1. The van der Waals surface area contributed by atoms with Crippen LogP contribution in [-0.2, 0) is 15.8 Å². The number of hydrogen-bond donors (Lipinski definition) is 0. The standard InChI is InChI=1S/C23H30N2O2S/c26-28(27,19-20-7-3-1-4-8-20)25-17-15-24(16-18-25)23-13-11-22(12-14-23)21-9-5-2-6-10-21/h1-10,22-23H,11-19H2. The van der Waals surface area contributed by atoms with E-state index in [4.69, 9.17) is 0 Å². The number of sulfonamides is 1. The van der Waals surface area contributed by atoms with Crippen LogP contribution in [0, 0.1) is 0 Å². The van der Waals surface area contributed by atoms with Gasteiger partial charge in [-0.05, 0) is 42.7 Å². The highest BCUT2D eigenvalue weighted by atomic mass is 32.2. The molecule has 1 saturated carbocycles. The molecule has 4 rings (SSSR count). The van der Waals surface area contributed by atoms with Gasteiger partial charge in [-0.2, -0.15) is 4.31 Å². The topological polar surface area (TPSA) is 40.6 Å². The molecule has 4 nitrogen and oxygen atoms in total. The smallest absolute Gasteiger partial charge is 0.218 e. The van der Waals surface area contributed by atoms with Gasteiger partial charge in [0.25, 0.3) is 0 Å². The summed E-state index contributed by atoms with van der Waals surface area (Å²) < 4.78 is 27.2. The van der Waals surface area contributed by atoms with Gasteiger partial charge in [-0.3, -0.25) is 4.90 Å². The lowest BCUT2D eigenvalue weighted by molar-refractivity contribution is 0.107. The molecule has 0 spiro atoms. The average Bonchev–Trinajstić information content (AvgIpc) is 2.75. The van der Waals surface area contributed by atoms with Gasteiger partial charge in [0.1, 0.15) is 0 Å². The summed E-state index contributed by atoms with van der Waals surface area (Å²) in [6, 6.07) is 21.0. The van der Waals surface area contributed by atoms with Crippen molar-refractivity contribution in [3.63, 3.8) is 0 Å². The number of piperazine rings is 1. The van der Waals surface area contributed by atoms with Crippen LogP contribution in [-0.4, -0.2) is 49.8 Å². The van der Waals surface area contributed by atoms with Gasteiger partial charge < -0.3 is 0 Å². The van der Waals surface area contributed by atoms with E-state index in [1.807, 2.05) is 30.3 Å². The maximum Gasteiger partial charge on any atom is 0.218 e. The van der Waals surface area contributed by atoms with Crippen molar-refractivity contribution in [1.82, 2.24) is 9.21 Å². The van der Waals surface area contributed by atoms with E-state index in [2.05, 4.69) is 35.2 Å². The van der Waals surface area contributed by atoms with Crippen molar-refractivity contribution in [3.8, 4) is 0 Å². The van der Waals surface area contributed by atoms with Gasteiger partial charge in [0.2, 0.25) is 10.0 Å². The molecule has 2 aromatic carbocycles. The van der Waals surface area contributed by atoms with Crippen LogP contribution in [0.25, 0.3) is 0 Å².